The summed E-state index contributed by atoms with van der Waals surface area (Å²) in [5.41, 5.74) is 0. The zero-order valence-corrected chi connectivity index (χ0v) is 11.0. The van der Waals surface area contributed by atoms with E-state index in [0.717, 1.165) is 19.1 Å². The minimum atomic E-state index is 0.190. The molecule has 1 rings (SSSR count). The van der Waals surface area contributed by atoms with Gasteiger partial charge in [0.25, 0.3) is 0 Å². The molecule has 94 valence electrons. The lowest BCUT2D eigenvalue weighted by Gasteiger charge is -2.24. The molecule has 1 amide bonds. The Labute approximate surface area is 99.0 Å². The van der Waals surface area contributed by atoms with Gasteiger partial charge in [-0.3, -0.25) is 9.69 Å². The number of amides is 1. The summed E-state index contributed by atoms with van der Waals surface area (Å²) in [5, 5.41) is 3.35. The average Bonchev–Trinajstić information content (AvgIpc) is 3.06. The lowest BCUT2D eigenvalue weighted by molar-refractivity contribution is -0.128. The molecule has 4 heteroatoms. The predicted octanol–water partition coefficient (Wildman–Crippen LogP) is 0.537. The number of likely N-dealkylation sites (N-methyl/N-ethyl adjacent to an activating group) is 1. The van der Waals surface area contributed by atoms with Crippen molar-refractivity contribution < 1.29 is 4.79 Å². The van der Waals surface area contributed by atoms with Gasteiger partial charge in [-0.1, -0.05) is 0 Å². The first-order valence-electron chi connectivity index (χ1n) is 6.15. The van der Waals surface area contributed by atoms with E-state index in [1.54, 1.807) is 19.0 Å². The smallest absolute Gasteiger partial charge is 0.223 e. The summed E-state index contributed by atoms with van der Waals surface area (Å²) in [6.07, 6.45) is 3.28. The van der Waals surface area contributed by atoms with Crippen molar-refractivity contribution >= 4 is 5.91 Å². The summed E-state index contributed by atoms with van der Waals surface area (Å²) in [5.74, 6) is 0.190. The molecule has 1 aliphatic carbocycles. The van der Waals surface area contributed by atoms with Crippen LogP contribution in [-0.4, -0.2) is 62.0 Å². The van der Waals surface area contributed by atoms with Crippen molar-refractivity contribution in [2.24, 2.45) is 0 Å². The van der Waals surface area contributed by atoms with Crippen LogP contribution in [0.4, 0.5) is 0 Å². The molecule has 0 radical (unpaired) electrons. The minimum absolute atomic E-state index is 0.190. The van der Waals surface area contributed by atoms with Gasteiger partial charge >= 0.3 is 0 Å². The average molecular weight is 227 g/mol. The second-order valence-corrected chi connectivity index (χ2v) is 4.99. The van der Waals surface area contributed by atoms with Gasteiger partial charge in [0, 0.05) is 45.7 Å². The molecule has 1 N–H and O–H groups in total. The summed E-state index contributed by atoms with van der Waals surface area (Å²) in [6.45, 7) is 3.98. The minimum Gasteiger partial charge on any atom is -0.349 e. The van der Waals surface area contributed by atoms with E-state index in [0.29, 0.717) is 12.5 Å². The van der Waals surface area contributed by atoms with Gasteiger partial charge in [-0.2, -0.15) is 0 Å². The monoisotopic (exact) mass is 227 g/mol. The fraction of sp³-hybridized carbons (Fsp3) is 0.917. The Morgan fingerprint density at radius 1 is 1.38 bits per heavy atom. The van der Waals surface area contributed by atoms with Crippen molar-refractivity contribution in [3.8, 4) is 0 Å². The molecular formula is C12H25N3O. The Morgan fingerprint density at radius 3 is 2.50 bits per heavy atom. The molecule has 0 aliphatic heterocycles. The van der Waals surface area contributed by atoms with E-state index in [1.165, 1.54) is 12.8 Å². The van der Waals surface area contributed by atoms with Gasteiger partial charge < -0.3 is 10.2 Å². The number of rotatable bonds is 7. The Hall–Kier alpha value is -0.610. The van der Waals surface area contributed by atoms with E-state index in [4.69, 9.17) is 0 Å². The van der Waals surface area contributed by atoms with Crippen molar-refractivity contribution in [1.82, 2.24) is 15.1 Å². The molecule has 1 unspecified atom stereocenters. The van der Waals surface area contributed by atoms with Gasteiger partial charge in [-0.25, -0.2) is 0 Å². The fourth-order valence-electron chi connectivity index (χ4n) is 1.72. The Kier molecular flexibility index (Phi) is 5.22. The highest BCUT2D eigenvalue weighted by atomic mass is 16.2. The van der Waals surface area contributed by atoms with Crippen LogP contribution in [0.5, 0.6) is 0 Å². The molecule has 0 aromatic carbocycles. The maximum Gasteiger partial charge on any atom is 0.223 e. The van der Waals surface area contributed by atoms with Crippen LogP contribution in [0.1, 0.15) is 26.2 Å². The highest BCUT2D eigenvalue weighted by Crippen LogP contribution is 2.26. The third-order valence-electron chi connectivity index (χ3n) is 3.27. The van der Waals surface area contributed by atoms with Crippen molar-refractivity contribution in [2.75, 3.05) is 34.2 Å². The third-order valence-corrected chi connectivity index (χ3v) is 3.27. The van der Waals surface area contributed by atoms with E-state index in [2.05, 4.69) is 24.2 Å². The quantitative estimate of drug-likeness (QED) is 0.645. The second-order valence-electron chi connectivity index (χ2n) is 4.99. The first-order chi connectivity index (χ1) is 7.52. The van der Waals surface area contributed by atoms with Crippen LogP contribution in [-0.2, 0) is 4.79 Å². The van der Waals surface area contributed by atoms with E-state index in [-0.39, 0.29) is 5.91 Å². The van der Waals surface area contributed by atoms with Gasteiger partial charge in [0.1, 0.15) is 0 Å². The highest BCUT2D eigenvalue weighted by molar-refractivity contribution is 5.75. The molecule has 0 heterocycles. The van der Waals surface area contributed by atoms with Crippen LogP contribution in [0.3, 0.4) is 0 Å². The van der Waals surface area contributed by atoms with Crippen LogP contribution in [0.25, 0.3) is 0 Å². The van der Waals surface area contributed by atoms with Crippen molar-refractivity contribution in [1.29, 1.82) is 0 Å². The highest BCUT2D eigenvalue weighted by Gasteiger charge is 2.28. The topological polar surface area (TPSA) is 35.6 Å². The molecule has 0 aromatic rings. The van der Waals surface area contributed by atoms with Crippen molar-refractivity contribution in [2.45, 2.75) is 38.3 Å². The molecule has 1 aliphatic rings. The molecule has 4 nitrogen and oxygen atoms in total. The molecule has 0 saturated heterocycles. The number of nitrogens with zero attached hydrogens (tertiary/aromatic N) is 2. The molecule has 1 saturated carbocycles. The molecule has 1 fully saturated rings. The van der Waals surface area contributed by atoms with Gasteiger partial charge in [0.2, 0.25) is 5.91 Å². The van der Waals surface area contributed by atoms with E-state index in [9.17, 15) is 4.79 Å². The molecule has 0 spiro atoms. The summed E-state index contributed by atoms with van der Waals surface area (Å²) < 4.78 is 0. The predicted molar refractivity (Wildman–Crippen MR) is 66.4 cm³/mol. The van der Waals surface area contributed by atoms with Gasteiger partial charge in [0.05, 0.1) is 0 Å². The number of nitrogens with one attached hydrogen (secondary N) is 1. The molecule has 16 heavy (non-hydrogen) atoms. The molecule has 1 atom stereocenters. The Bertz CT molecular complexity index is 226. The number of carbonyl (C=O) groups is 1. The van der Waals surface area contributed by atoms with Crippen LogP contribution in [0.2, 0.25) is 0 Å². The summed E-state index contributed by atoms with van der Waals surface area (Å²) >= 11 is 0. The number of carbonyl (C=O) groups excluding carboxylic acids is 1. The van der Waals surface area contributed by atoms with Gasteiger partial charge in [0.15, 0.2) is 0 Å². The maximum atomic E-state index is 11.3. The van der Waals surface area contributed by atoms with Crippen molar-refractivity contribution in [3.63, 3.8) is 0 Å². The number of hydrogen-bond donors (Lipinski definition) is 1. The van der Waals surface area contributed by atoms with E-state index < -0.39 is 0 Å². The third kappa shape index (κ3) is 4.49. The van der Waals surface area contributed by atoms with E-state index >= 15 is 0 Å². The standard InChI is InChI=1S/C12H25N3O/c1-10(15(4)11-5-6-11)9-13-8-7-12(16)14(2)3/h10-11,13H,5-9H2,1-4H3. The normalized spacial score (nSPS) is 17.6. The number of hydrogen-bond acceptors (Lipinski definition) is 3. The summed E-state index contributed by atoms with van der Waals surface area (Å²) in [4.78, 5) is 15.4. The molecule has 0 aromatic heterocycles. The van der Waals surface area contributed by atoms with Crippen LogP contribution < -0.4 is 5.32 Å². The lowest BCUT2D eigenvalue weighted by Crippen LogP contribution is -2.40. The van der Waals surface area contributed by atoms with Gasteiger partial charge in [-0.05, 0) is 26.8 Å². The van der Waals surface area contributed by atoms with Gasteiger partial charge in [-0.15, -0.1) is 0 Å². The zero-order valence-electron chi connectivity index (χ0n) is 11.0. The lowest BCUT2D eigenvalue weighted by atomic mass is 10.3. The molecular weight excluding hydrogens is 202 g/mol. The van der Waals surface area contributed by atoms with Crippen LogP contribution >= 0.6 is 0 Å². The first kappa shape index (κ1) is 13.5. The Balaban J connectivity index is 2.03. The SMILES string of the molecule is CC(CNCCC(=O)N(C)C)N(C)C1CC1. The van der Waals surface area contributed by atoms with Crippen LogP contribution in [0.15, 0.2) is 0 Å². The second kappa shape index (κ2) is 6.21. The van der Waals surface area contributed by atoms with E-state index in [1.807, 2.05) is 0 Å². The fourth-order valence-corrected chi connectivity index (χ4v) is 1.72. The first-order valence-corrected chi connectivity index (χ1v) is 6.15. The summed E-state index contributed by atoms with van der Waals surface area (Å²) in [6, 6.07) is 1.36. The summed E-state index contributed by atoms with van der Waals surface area (Å²) in [7, 11) is 5.78. The largest absolute Gasteiger partial charge is 0.349 e. The van der Waals surface area contributed by atoms with Crippen molar-refractivity contribution in [3.05, 3.63) is 0 Å². The molecule has 0 bridgehead atoms. The Morgan fingerprint density at radius 2 is 2.00 bits per heavy atom. The van der Waals surface area contributed by atoms with Crippen LogP contribution in [0, 0.1) is 0 Å². The zero-order chi connectivity index (χ0) is 12.1. The maximum absolute atomic E-state index is 11.3.